The average Bonchev–Trinajstić information content (AvgIpc) is 2.87. The Labute approximate surface area is 132 Å². The van der Waals surface area contributed by atoms with Gasteiger partial charge in [0.1, 0.15) is 0 Å². The third kappa shape index (κ3) is 2.78. The molecule has 3 rings (SSSR count). The Bertz CT molecular complexity index is 687. The summed E-state index contributed by atoms with van der Waals surface area (Å²) >= 11 is 1.95. The van der Waals surface area contributed by atoms with E-state index in [0.717, 1.165) is 5.57 Å². The van der Waals surface area contributed by atoms with Crippen LogP contribution in [-0.4, -0.2) is 18.7 Å². The first-order valence-corrected chi connectivity index (χ1v) is 8.13. The van der Waals surface area contributed by atoms with Crippen LogP contribution < -0.4 is 0 Å². The van der Waals surface area contributed by atoms with Gasteiger partial charge in [-0.2, -0.15) is 0 Å². The first kappa shape index (κ1) is 14.4. The van der Waals surface area contributed by atoms with Gasteiger partial charge in [-0.3, -0.25) is 0 Å². The second-order valence-corrected chi connectivity index (χ2v) is 6.83. The van der Waals surface area contributed by atoms with Crippen molar-refractivity contribution >= 4 is 25.2 Å². The number of hydrogen-bond donors (Lipinski definition) is 0. The molecule has 1 aromatic rings. The fourth-order valence-corrected chi connectivity index (χ4v) is 4.33. The number of hydrogen-bond acceptors (Lipinski definition) is 1. The zero-order valence-corrected chi connectivity index (χ0v) is 13.2. The van der Waals surface area contributed by atoms with E-state index in [9.17, 15) is 0 Å². The Morgan fingerprint density at radius 1 is 1.19 bits per heavy atom. The second kappa shape index (κ2) is 6.07. The van der Waals surface area contributed by atoms with Crippen molar-refractivity contribution in [1.29, 1.82) is 0 Å². The van der Waals surface area contributed by atoms with E-state index in [2.05, 4.69) is 68.5 Å². The zero-order valence-electron chi connectivity index (χ0n) is 12.4. The van der Waals surface area contributed by atoms with Crippen molar-refractivity contribution in [2.75, 3.05) is 0 Å². The van der Waals surface area contributed by atoms with Crippen LogP contribution in [0.1, 0.15) is 25.3 Å². The van der Waals surface area contributed by atoms with E-state index in [4.69, 9.17) is 7.49 Å². The van der Waals surface area contributed by atoms with Crippen LogP contribution >= 0.6 is 11.8 Å². The molecule has 1 radical (unpaired) electrons. The summed E-state index contributed by atoms with van der Waals surface area (Å²) in [6.07, 6.45) is 10.9. The van der Waals surface area contributed by atoms with E-state index in [1.165, 1.54) is 21.6 Å². The van der Waals surface area contributed by atoms with Crippen LogP contribution in [0.2, 0.25) is 0 Å². The molecule has 0 bridgehead atoms. The van der Waals surface area contributed by atoms with Gasteiger partial charge in [-0.25, -0.2) is 0 Å². The molecule has 0 nitrogen and oxygen atoms in total. The molecule has 2 heteroatoms. The summed E-state index contributed by atoms with van der Waals surface area (Å²) in [4.78, 5) is 1.39. The second-order valence-electron chi connectivity index (χ2n) is 5.64. The SMILES string of the molecule is [B]=C/C(=C\C=C(C)C)C1=CC=CC2c3ccccc3SC12. The summed E-state index contributed by atoms with van der Waals surface area (Å²) < 4.78 is 0. The van der Waals surface area contributed by atoms with Crippen molar-refractivity contribution < 1.29 is 0 Å². The van der Waals surface area contributed by atoms with Gasteiger partial charge >= 0.3 is 132 Å². The van der Waals surface area contributed by atoms with Gasteiger partial charge in [-0.05, 0) is 0 Å². The predicted octanol–water partition coefficient (Wildman–Crippen LogP) is 4.60. The Morgan fingerprint density at radius 3 is 2.76 bits per heavy atom. The molecule has 0 fully saturated rings. The maximum atomic E-state index is 5.88. The minimum absolute atomic E-state index is 0.434. The molecule has 2 atom stereocenters. The molecule has 0 N–H and O–H groups in total. The van der Waals surface area contributed by atoms with Crippen molar-refractivity contribution in [3.05, 3.63) is 76.9 Å². The summed E-state index contributed by atoms with van der Waals surface area (Å²) in [5.74, 6) is 2.19. The summed E-state index contributed by atoms with van der Waals surface area (Å²) in [5.41, 5.74) is 5.16. The van der Waals surface area contributed by atoms with E-state index < -0.39 is 0 Å². The summed E-state index contributed by atoms with van der Waals surface area (Å²) in [7, 11) is 5.88. The molecule has 1 aliphatic heterocycles. The molecule has 21 heavy (non-hydrogen) atoms. The standard InChI is InChI=1S/C19H18BS/c1-13(2)10-11-14(12-20)15-7-5-8-17-16-6-3-4-9-18(16)21-19(15)17/h3-12,17,19H,1-2H3/b14-11+. The van der Waals surface area contributed by atoms with Crippen molar-refractivity contribution in [1.82, 2.24) is 0 Å². The van der Waals surface area contributed by atoms with E-state index in [1.54, 1.807) is 5.97 Å². The molecule has 0 saturated carbocycles. The fraction of sp³-hybridized carbons (Fsp3) is 0.211. The van der Waals surface area contributed by atoms with Gasteiger partial charge < -0.3 is 0 Å². The Hall–Kier alpha value is -1.54. The zero-order chi connectivity index (χ0) is 14.8. The molecule has 0 saturated heterocycles. The van der Waals surface area contributed by atoms with Gasteiger partial charge in [0.05, 0.1) is 0 Å². The van der Waals surface area contributed by atoms with Crippen LogP contribution in [0.5, 0.6) is 0 Å². The predicted molar refractivity (Wildman–Crippen MR) is 95.4 cm³/mol. The Kier molecular flexibility index (Phi) is 4.16. The average molecular weight is 289 g/mol. The maximum absolute atomic E-state index is 5.88. The fourth-order valence-electron chi connectivity index (χ4n) is 2.84. The van der Waals surface area contributed by atoms with Crippen LogP contribution in [0.25, 0.3) is 0 Å². The molecular formula is C19H18BS. The molecule has 0 amide bonds. The van der Waals surface area contributed by atoms with Gasteiger partial charge in [0.15, 0.2) is 0 Å². The van der Waals surface area contributed by atoms with Crippen molar-refractivity contribution in [2.24, 2.45) is 0 Å². The number of allylic oxidation sites excluding steroid dienone is 7. The molecular weight excluding hydrogens is 271 g/mol. The summed E-state index contributed by atoms with van der Waals surface area (Å²) in [6, 6.07) is 8.70. The van der Waals surface area contributed by atoms with Gasteiger partial charge in [0.2, 0.25) is 0 Å². The summed E-state index contributed by atoms with van der Waals surface area (Å²) in [5, 5.41) is 0.434. The Balaban J connectivity index is 1.98. The van der Waals surface area contributed by atoms with E-state index in [-0.39, 0.29) is 0 Å². The van der Waals surface area contributed by atoms with Gasteiger partial charge in [-0.1, -0.05) is 0 Å². The minimum atomic E-state index is 0.434. The topological polar surface area (TPSA) is 0 Å². The number of benzene rings is 1. The van der Waals surface area contributed by atoms with Crippen LogP contribution in [0.15, 0.2) is 76.3 Å². The summed E-state index contributed by atoms with van der Waals surface area (Å²) in [6.45, 7) is 4.20. The number of thioether (sulfide) groups is 1. The molecule has 1 aromatic carbocycles. The monoisotopic (exact) mass is 289 g/mol. The molecule has 2 unspecified atom stereocenters. The van der Waals surface area contributed by atoms with Crippen molar-refractivity contribution in [2.45, 2.75) is 29.9 Å². The molecule has 2 aliphatic rings. The first-order chi connectivity index (χ1) is 10.2. The van der Waals surface area contributed by atoms with E-state index >= 15 is 0 Å². The van der Waals surface area contributed by atoms with Crippen LogP contribution in [-0.2, 0) is 0 Å². The molecule has 103 valence electrons. The molecule has 0 spiro atoms. The Morgan fingerprint density at radius 2 is 2.00 bits per heavy atom. The van der Waals surface area contributed by atoms with Gasteiger partial charge in [-0.15, -0.1) is 0 Å². The molecule has 1 aliphatic carbocycles. The van der Waals surface area contributed by atoms with Crippen LogP contribution in [0.3, 0.4) is 0 Å². The van der Waals surface area contributed by atoms with E-state index in [1.807, 2.05) is 11.8 Å². The van der Waals surface area contributed by atoms with Crippen LogP contribution in [0.4, 0.5) is 0 Å². The van der Waals surface area contributed by atoms with Gasteiger partial charge in [0, 0.05) is 0 Å². The van der Waals surface area contributed by atoms with Gasteiger partial charge in [0.25, 0.3) is 0 Å². The van der Waals surface area contributed by atoms with E-state index in [0.29, 0.717) is 11.2 Å². The first-order valence-electron chi connectivity index (χ1n) is 7.25. The normalized spacial score (nSPS) is 23.1. The molecule has 1 heterocycles. The quantitative estimate of drug-likeness (QED) is 0.578. The third-order valence-electron chi connectivity index (χ3n) is 3.87. The number of rotatable bonds is 3. The van der Waals surface area contributed by atoms with Crippen LogP contribution in [0, 0.1) is 0 Å². The third-order valence-corrected chi connectivity index (χ3v) is 5.29. The number of fused-ring (bicyclic) bond motifs is 3. The van der Waals surface area contributed by atoms with Crippen molar-refractivity contribution in [3.63, 3.8) is 0 Å². The molecule has 0 aromatic heterocycles. The van der Waals surface area contributed by atoms with Crippen molar-refractivity contribution in [3.8, 4) is 0 Å².